The lowest BCUT2D eigenvalue weighted by Crippen LogP contribution is -2.36. The van der Waals surface area contributed by atoms with Crippen LogP contribution in [0, 0.1) is 0 Å². The van der Waals surface area contributed by atoms with Crippen molar-refractivity contribution >= 4 is 45.7 Å². The molecule has 0 atom stereocenters. The highest BCUT2D eigenvalue weighted by Gasteiger charge is 2.31. The summed E-state index contributed by atoms with van der Waals surface area (Å²) in [5.41, 5.74) is 7.01. The number of hydrogen-bond donors (Lipinski definition) is 2. The van der Waals surface area contributed by atoms with Crippen molar-refractivity contribution in [1.82, 2.24) is 4.90 Å². The Morgan fingerprint density at radius 2 is 2.07 bits per heavy atom. The average Bonchev–Trinajstić information content (AvgIpc) is 3.04. The van der Waals surface area contributed by atoms with Crippen molar-refractivity contribution in [2.24, 2.45) is 5.73 Å². The zero-order valence-electron chi connectivity index (χ0n) is 15.3. The van der Waals surface area contributed by atoms with Crippen LogP contribution in [-0.4, -0.2) is 42.4 Å². The highest BCUT2D eigenvalue weighted by atomic mass is 35.5. The molecule has 2 aromatic rings. The number of nitrogens with zero attached hydrogens (tertiary/aromatic N) is 1. The van der Waals surface area contributed by atoms with E-state index in [2.05, 4.69) is 5.32 Å². The van der Waals surface area contributed by atoms with Gasteiger partial charge in [0.1, 0.15) is 5.00 Å². The minimum Gasteiger partial charge on any atom is -0.450 e. The van der Waals surface area contributed by atoms with E-state index in [1.54, 1.807) is 36.1 Å². The zero-order chi connectivity index (χ0) is 20.3. The van der Waals surface area contributed by atoms with Crippen LogP contribution in [0.2, 0.25) is 5.02 Å². The zero-order valence-corrected chi connectivity index (χ0v) is 16.9. The molecule has 1 aliphatic heterocycles. The van der Waals surface area contributed by atoms with E-state index in [-0.39, 0.29) is 12.3 Å². The van der Waals surface area contributed by atoms with Crippen molar-refractivity contribution in [3.05, 3.63) is 50.9 Å². The Labute approximate surface area is 171 Å². The molecule has 3 rings (SSSR count). The van der Waals surface area contributed by atoms with Crippen molar-refractivity contribution in [2.75, 3.05) is 25.0 Å². The molecule has 0 unspecified atom stereocenters. The Morgan fingerprint density at radius 1 is 1.32 bits per heavy atom. The first kappa shape index (κ1) is 20.3. The Kier molecular flexibility index (Phi) is 6.33. The monoisotopic (exact) mass is 421 g/mol. The molecule has 1 aromatic heterocycles. The number of nitrogens with one attached hydrogen (secondary N) is 1. The number of ether oxygens (including phenoxy) is 1. The summed E-state index contributed by atoms with van der Waals surface area (Å²) in [6.07, 6.45) is 0.0855. The number of amides is 2. The summed E-state index contributed by atoms with van der Waals surface area (Å²) >= 11 is 7.48. The number of fused-ring (bicyclic) bond motifs is 1. The largest absolute Gasteiger partial charge is 0.450 e. The first-order valence-corrected chi connectivity index (χ1v) is 10.0. The third kappa shape index (κ3) is 4.04. The van der Waals surface area contributed by atoms with Crippen molar-refractivity contribution in [2.45, 2.75) is 19.9 Å². The summed E-state index contributed by atoms with van der Waals surface area (Å²) in [5.74, 6) is -0.658. The number of halogens is 1. The molecule has 2 heterocycles. The van der Waals surface area contributed by atoms with Gasteiger partial charge >= 0.3 is 6.09 Å². The van der Waals surface area contributed by atoms with Gasteiger partial charge < -0.3 is 20.7 Å². The maximum atomic E-state index is 13.2. The van der Waals surface area contributed by atoms with E-state index in [0.717, 1.165) is 10.4 Å². The molecule has 0 fully saturated rings. The predicted octanol–water partition coefficient (Wildman–Crippen LogP) is 3.04. The lowest BCUT2D eigenvalue weighted by Gasteiger charge is -2.26. The average molecular weight is 422 g/mol. The molecule has 148 valence electrons. The molecule has 0 radical (unpaired) electrons. The van der Waals surface area contributed by atoms with Crippen LogP contribution in [0.5, 0.6) is 0 Å². The highest BCUT2D eigenvalue weighted by molar-refractivity contribution is 7.17. The van der Waals surface area contributed by atoms with Crippen LogP contribution < -0.4 is 11.1 Å². The Hall–Kier alpha value is -2.42. The number of benzene rings is 1. The van der Waals surface area contributed by atoms with Crippen molar-refractivity contribution in [3.8, 4) is 0 Å². The van der Waals surface area contributed by atoms with E-state index in [9.17, 15) is 14.4 Å². The molecule has 7 nitrogen and oxygen atoms in total. The number of ketones is 1. The van der Waals surface area contributed by atoms with Crippen LogP contribution in [0.25, 0.3) is 0 Å². The number of anilines is 1. The van der Waals surface area contributed by atoms with E-state index in [0.29, 0.717) is 47.3 Å². The molecular formula is C19H20ClN3O4S. The normalized spacial score (nSPS) is 13.0. The van der Waals surface area contributed by atoms with Gasteiger partial charge in [-0.15, -0.1) is 11.3 Å². The summed E-state index contributed by atoms with van der Waals surface area (Å²) in [6, 6.07) is 6.78. The lowest BCUT2D eigenvalue weighted by atomic mass is 9.96. The van der Waals surface area contributed by atoms with Gasteiger partial charge in [-0.25, -0.2) is 4.79 Å². The molecule has 3 N–H and O–H groups in total. The third-order valence-corrected chi connectivity index (χ3v) is 5.83. The Bertz CT molecular complexity index is 928. The van der Waals surface area contributed by atoms with Crippen LogP contribution in [0.3, 0.4) is 0 Å². The van der Waals surface area contributed by atoms with Gasteiger partial charge in [0, 0.05) is 17.0 Å². The number of carbonyl (C=O) groups is 3. The smallest absolute Gasteiger partial charge is 0.410 e. The Morgan fingerprint density at radius 3 is 2.75 bits per heavy atom. The van der Waals surface area contributed by atoms with Crippen molar-refractivity contribution < 1.29 is 19.1 Å². The minimum absolute atomic E-state index is 0.197. The number of hydrogen-bond acceptors (Lipinski definition) is 6. The standard InChI is InChI=1S/C19H20ClN3O4S/c1-2-27-19(26)23-8-7-12-14(10-23)28-18(22-15(24)9-21)16(12)17(25)11-5-3-4-6-13(11)20/h3-6H,2,7-10,21H2,1H3,(H,22,24). The molecular weight excluding hydrogens is 402 g/mol. The molecule has 2 amide bonds. The van der Waals surface area contributed by atoms with Crippen molar-refractivity contribution in [1.29, 1.82) is 0 Å². The number of carbonyl (C=O) groups excluding carboxylic acids is 3. The number of thiophene rings is 1. The SMILES string of the molecule is CCOC(=O)N1CCc2c(sc(NC(=O)CN)c2C(=O)c2ccccc2Cl)C1. The van der Waals surface area contributed by atoms with Gasteiger partial charge in [0.15, 0.2) is 5.78 Å². The molecule has 9 heteroatoms. The van der Waals surface area contributed by atoms with Gasteiger partial charge in [0.05, 0.1) is 30.3 Å². The number of nitrogens with two attached hydrogens (primary N) is 1. The van der Waals surface area contributed by atoms with Gasteiger partial charge in [-0.3, -0.25) is 9.59 Å². The van der Waals surface area contributed by atoms with Gasteiger partial charge in [-0.1, -0.05) is 23.7 Å². The fourth-order valence-corrected chi connectivity index (χ4v) is 4.56. The summed E-state index contributed by atoms with van der Waals surface area (Å²) < 4.78 is 5.07. The maximum absolute atomic E-state index is 13.2. The van der Waals surface area contributed by atoms with Crippen LogP contribution >= 0.6 is 22.9 Å². The van der Waals surface area contributed by atoms with E-state index in [1.165, 1.54) is 11.3 Å². The first-order chi connectivity index (χ1) is 13.5. The third-order valence-electron chi connectivity index (χ3n) is 4.37. The molecule has 0 bridgehead atoms. The van der Waals surface area contributed by atoms with Gasteiger partial charge in [-0.05, 0) is 31.0 Å². The van der Waals surface area contributed by atoms with Crippen LogP contribution in [0.15, 0.2) is 24.3 Å². The summed E-state index contributed by atoms with van der Waals surface area (Å²) in [5, 5.41) is 3.48. The first-order valence-electron chi connectivity index (χ1n) is 8.81. The van der Waals surface area contributed by atoms with E-state index in [4.69, 9.17) is 22.1 Å². The minimum atomic E-state index is -0.395. The van der Waals surface area contributed by atoms with E-state index < -0.39 is 12.0 Å². The summed E-state index contributed by atoms with van der Waals surface area (Å²) in [7, 11) is 0. The number of rotatable bonds is 5. The van der Waals surface area contributed by atoms with Crippen LogP contribution in [0.1, 0.15) is 33.3 Å². The second-order valence-electron chi connectivity index (χ2n) is 6.14. The summed E-state index contributed by atoms with van der Waals surface area (Å²) in [6.45, 7) is 2.59. The molecule has 0 saturated carbocycles. The lowest BCUT2D eigenvalue weighted by molar-refractivity contribution is -0.114. The van der Waals surface area contributed by atoms with Gasteiger partial charge in [-0.2, -0.15) is 0 Å². The second kappa shape index (κ2) is 8.72. The quantitative estimate of drug-likeness (QED) is 0.722. The fourth-order valence-electron chi connectivity index (χ4n) is 3.06. The second-order valence-corrected chi connectivity index (χ2v) is 7.65. The van der Waals surface area contributed by atoms with E-state index >= 15 is 0 Å². The van der Waals surface area contributed by atoms with Crippen LogP contribution in [-0.2, 0) is 22.5 Å². The molecule has 28 heavy (non-hydrogen) atoms. The van der Waals surface area contributed by atoms with Crippen molar-refractivity contribution in [3.63, 3.8) is 0 Å². The predicted molar refractivity (Wildman–Crippen MR) is 108 cm³/mol. The highest BCUT2D eigenvalue weighted by Crippen LogP contribution is 2.39. The van der Waals surface area contributed by atoms with Gasteiger partial charge in [0.25, 0.3) is 0 Å². The molecule has 1 aromatic carbocycles. The molecule has 0 aliphatic carbocycles. The van der Waals surface area contributed by atoms with Gasteiger partial charge in [0.2, 0.25) is 5.91 Å². The maximum Gasteiger partial charge on any atom is 0.410 e. The molecule has 1 aliphatic rings. The fraction of sp³-hybridized carbons (Fsp3) is 0.316. The topological polar surface area (TPSA) is 102 Å². The summed E-state index contributed by atoms with van der Waals surface area (Å²) in [4.78, 5) is 39.6. The Balaban J connectivity index is 2.01. The molecule has 0 spiro atoms. The van der Waals surface area contributed by atoms with E-state index in [1.807, 2.05) is 0 Å². The molecule has 0 saturated heterocycles. The van der Waals surface area contributed by atoms with Crippen LogP contribution in [0.4, 0.5) is 9.80 Å².